The third kappa shape index (κ3) is 3.42. The van der Waals surface area contributed by atoms with Gasteiger partial charge in [-0.05, 0) is 21.5 Å². The molecule has 1 aliphatic rings. The highest BCUT2D eigenvalue weighted by Gasteiger charge is 2.23. The quantitative estimate of drug-likeness (QED) is 0.865. The Morgan fingerprint density at radius 1 is 1.20 bits per heavy atom. The van der Waals surface area contributed by atoms with Crippen LogP contribution in [0.15, 0.2) is 47.2 Å². The first kappa shape index (κ1) is 13.7. The molecule has 0 bridgehead atoms. The fourth-order valence-corrected chi connectivity index (χ4v) is 2.54. The molecule has 1 aliphatic heterocycles. The van der Waals surface area contributed by atoms with Crippen molar-refractivity contribution >= 4 is 15.9 Å². The van der Waals surface area contributed by atoms with Gasteiger partial charge in [0.05, 0.1) is 11.1 Å². The summed E-state index contributed by atoms with van der Waals surface area (Å²) in [7, 11) is 0. The first-order valence-corrected chi connectivity index (χ1v) is 7.46. The lowest BCUT2D eigenvalue weighted by Gasteiger charge is -2.32. The van der Waals surface area contributed by atoms with Crippen molar-refractivity contribution in [1.82, 2.24) is 14.9 Å². The van der Waals surface area contributed by atoms with Crippen LogP contribution >= 0.6 is 15.9 Å². The maximum Gasteiger partial charge on any atom is 0.158 e. The van der Waals surface area contributed by atoms with E-state index >= 15 is 0 Å². The van der Waals surface area contributed by atoms with E-state index in [2.05, 4.69) is 55.1 Å². The van der Waals surface area contributed by atoms with E-state index in [1.54, 1.807) is 12.4 Å². The smallest absolute Gasteiger partial charge is 0.158 e. The van der Waals surface area contributed by atoms with E-state index in [0.29, 0.717) is 0 Å². The molecule has 1 aromatic carbocycles. The second-order valence-electron chi connectivity index (χ2n) is 4.84. The van der Waals surface area contributed by atoms with Crippen molar-refractivity contribution in [3.05, 3.63) is 58.6 Å². The highest BCUT2D eigenvalue weighted by atomic mass is 79.9. The van der Waals surface area contributed by atoms with Crippen molar-refractivity contribution in [2.45, 2.75) is 12.6 Å². The molecule has 0 saturated carbocycles. The topological polar surface area (TPSA) is 38.2 Å². The summed E-state index contributed by atoms with van der Waals surface area (Å²) < 4.78 is 6.68. The average Bonchev–Trinajstić information content (AvgIpc) is 2.49. The largest absolute Gasteiger partial charge is 0.368 e. The van der Waals surface area contributed by atoms with Gasteiger partial charge in [0.25, 0.3) is 0 Å². The summed E-state index contributed by atoms with van der Waals surface area (Å²) in [6, 6.07) is 10.5. The van der Waals surface area contributed by atoms with E-state index in [-0.39, 0.29) is 6.10 Å². The molecule has 2 aromatic rings. The Labute approximate surface area is 126 Å². The Hall–Kier alpha value is -1.30. The number of morpholine rings is 1. The molecule has 1 atom stereocenters. The maximum atomic E-state index is 5.79. The summed E-state index contributed by atoms with van der Waals surface area (Å²) >= 11 is 3.35. The van der Waals surface area contributed by atoms with Gasteiger partial charge in [0, 0.05) is 32.0 Å². The summed E-state index contributed by atoms with van der Waals surface area (Å²) in [5, 5.41) is 0. The molecule has 1 saturated heterocycles. The van der Waals surface area contributed by atoms with Crippen LogP contribution in [-0.4, -0.2) is 34.6 Å². The van der Waals surface area contributed by atoms with Crippen LogP contribution in [-0.2, 0) is 11.3 Å². The maximum absolute atomic E-state index is 5.79. The lowest BCUT2D eigenvalue weighted by Crippen LogP contribution is -2.38. The van der Waals surface area contributed by atoms with Crippen LogP contribution in [0, 0.1) is 0 Å². The number of hydrogen-bond donors (Lipinski definition) is 0. The van der Waals surface area contributed by atoms with Crippen LogP contribution in [0.1, 0.15) is 17.5 Å². The van der Waals surface area contributed by atoms with Gasteiger partial charge in [0.15, 0.2) is 5.82 Å². The van der Waals surface area contributed by atoms with Crippen molar-refractivity contribution in [2.24, 2.45) is 0 Å². The molecule has 2 heterocycles. The van der Waals surface area contributed by atoms with Crippen LogP contribution in [0.5, 0.6) is 0 Å². The van der Waals surface area contributed by atoms with Crippen molar-refractivity contribution < 1.29 is 4.74 Å². The number of ether oxygens (including phenoxy) is 1. The molecule has 0 N–H and O–H groups in total. The minimum Gasteiger partial charge on any atom is -0.368 e. The molecule has 1 unspecified atom stereocenters. The number of hydrogen-bond acceptors (Lipinski definition) is 4. The van der Waals surface area contributed by atoms with Gasteiger partial charge in [0.1, 0.15) is 6.10 Å². The normalized spacial score (nSPS) is 19.9. The van der Waals surface area contributed by atoms with E-state index in [0.717, 1.165) is 36.5 Å². The van der Waals surface area contributed by atoms with E-state index in [4.69, 9.17) is 4.74 Å². The molecular weight excluding hydrogens is 318 g/mol. The second-order valence-corrected chi connectivity index (χ2v) is 5.76. The van der Waals surface area contributed by atoms with E-state index in [1.807, 2.05) is 6.07 Å². The number of nitrogens with zero attached hydrogens (tertiary/aromatic N) is 3. The summed E-state index contributed by atoms with van der Waals surface area (Å²) in [4.78, 5) is 11.1. The number of aromatic nitrogens is 2. The van der Waals surface area contributed by atoms with Crippen LogP contribution in [0.3, 0.4) is 0 Å². The highest BCUT2D eigenvalue weighted by molar-refractivity contribution is 9.10. The van der Waals surface area contributed by atoms with Crippen molar-refractivity contribution in [3.63, 3.8) is 0 Å². The molecular formula is C15H16BrN3O. The first-order chi connectivity index (χ1) is 9.81. The molecule has 104 valence electrons. The van der Waals surface area contributed by atoms with E-state index in [1.165, 1.54) is 5.56 Å². The van der Waals surface area contributed by atoms with Crippen molar-refractivity contribution in [2.75, 3.05) is 19.7 Å². The summed E-state index contributed by atoms with van der Waals surface area (Å²) in [5.74, 6) is 0.756. The Morgan fingerprint density at radius 3 is 2.70 bits per heavy atom. The Kier molecular flexibility index (Phi) is 4.40. The van der Waals surface area contributed by atoms with Gasteiger partial charge in [-0.15, -0.1) is 0 Å². The Morgan fingerprint density at radius 2 is 1.95 bits per heavy atom. The van der Waals surface area contributed by atoms with Gasteiger partial charge < -0.3 is 4.74 Å². The van der Waals surface area contributed by atoms with Gasteiger partial charge in [-0.25, -0.2) is 9.97 Å². The van der Waals surface area contributed by atoms with Crippen LogP contribution in [0.2, 0.25) is 0 Å². The predicted molar refractivity (Wildman–Crippen MR) is 80.1 cm³/mol. The second kappa shape index (κ2) is 6.43. The van der Waals surface area contributed by atoms with Gasteiger partial charge >= 0.3 is 0 Å². The van der Waals surface area contributed by atoms with Crippen molar-refractivity contribution in [1.29, 1.82) is 0 Å². The molecule has 3 rings (SSSR count). The lowest BCUT2D eigenvalue weighted by molar-refractivity contribution is -0.0372. The standard InChI is InChI=1S/C15H16BrN3O/c16-13-8-17-15(18-9-13)14-11-19(6-7-20-14)10-12-4-2-1-3-5-12/h1-5,8-9,14H,6-7,10-11H2. The summed E-state index contributed by atoms with van der Waals surface area (Å²) in [6.45, 7) is 3.44. The van der Waals surface area contributed by atoms with E-state index in [9.17, 15) is 0 Å². The SMILES string of the molecule is Brc1cnc(C2CN(Cc3ccccc3)CCO2)nc1. The molecule has 1 aromatic heterocycles. The molecule has 0 spiro atoms. The number of rotatable bonds is 3. The van der Waals surface area contributed by atoms with Gasteiger partial charge in [-0.2, -0.15) is 0 Å². The van der Waals surface area contributed by atoms with Gasteiger partial charge in [-0.1, -0.05) is 30.3 Å². The summed E-state index contributed by atoms with van der Waals surface area (Å²) in [6.07, 6.45) is 3.49. The van der Waals surface area contributed by atoms with Crippen LogP contribution < -0.4 is 0 Å². The number of halogens is 1. The van der Waals surface area contributed by atoms with Crippen LogP contribution in [0.4, 0.5) is 0 Å². The fraction of sp³-hybridized carbons (Fsp3) is 0.333. The molecule has 0 aliphatic carbocycles. The summed E-state index contributed by atoms with van der Waals surface area (Å²) in [5.41, 5.74) is 1.32. The zero-order valence-electron chi connectivity index (χ0n) is 11.1. The number of benzene rings is 1. The highest BCUT2D eigenvalue weighted by Crippen LogP contribution is 2.21. The van der Waals surface area contributed by atoms with Crippen molar-refractivity contribution in [3.8, 4) is 0 Å². The predicted octanol–water partition coefficient (Wildman–Crippen LogP) is 2.81. The average molecular weight is 334 g/mol. The molecule has 1 fully saturated rings. The minimum absolute atomic E-state index is 0.0411. The molecule has 0 radical (unpaired) electrons. The monoisotopic (exact) mass is 333 g/mol. The zero-order valence-corrected chi connectivity index (χ0v) is 12.7. The lowest BCUT2D eigenvalue weighted by atomic mass is 10.2. The Balaban J connectivity index is 1.66. The van der Waals surface area contributed by atoms with Gasteiger partial charge in [-0.3, -0.25) is 4.90 Å². The van der Waals surface area contributed by atoms with Gasteiger partial charge in [0.2, 0.25) is 0 Å². The molecule has 20 heavy (non-hydrogen) atoms. The molecule has 0 amide bonds. The van der Waals surface area contributed by atoms with E-state index < -0.39 is 0 Å². The molecule has 4 nitrogen and oxygen atoms in total. The molecule has 5 heteroatoms. The first-order valence-electron chi connectivity index (χ1n) is 6.66. The Bertz CT molecular complexity index is 547. The minimum atomic E-state index is -0.0411. The zero-order chi connectivity index (χ0) is 13.8. The fourth-order valence-electron chi connectivity index (χ4n) is 2.33. The third-order valence-electron chi connectivity index (χ3n) is 3.33. The third-order valence-corrected chi connectivity index (χ3v) is 3.74. The van der Waals surface area contributed by atoms with Crippen LogP contribution in [0.25, 0.3) is 0 Å².